The molecule has 4 atom stereocenters. The van der Waals surface area contributed by atoms with Gasteiger partial charge in [-0.15, -0.1) is 0 Å². The number of ether oxygens (including phenoxy) is 3. The van der Waals surface area contributed by atoms with Gasteiger partial charge >= 0.3 is 18.0 Å². The Bertz CT molecular complexity index is 1300. The molecule has 2 aliphatic heterocycles. The molecule has 2 fully saturated rings. The molecular formula is C32H39N3O8. The number of hydrogen-bond donors (Lipinski definition) is 1. The van der Waals surface area contributed by atoms with E-state index in [4.69, 9.17) is 14.2 Å². The first kappa shape index (κ1) is 31.5. The Hall–Kier alpha value is -4.41. The number of likely N-dealkylation sites (tertiary alicyclic amines) is 2. The third-order valence-corrected chi connectivity index (χ3v) is 8.06. The molecule has 43 heavy (non-hydrogen) atoms. The van der Waals surface area contributed by atoms with Gasteiger partial charge in [-0.25, -0.2) is 9.59 Å². The quantitative estimate of drug-likeness (QED) is 0.329. The zero-order chi connectivity index (χ0) is 31.0. The molecule has 2 aliphatic rings. The lowest BCUT2D eigenvalue weighted by molar-refractivity contribution is -0.158. The van der Waals surface area contributed by atoms with Crippen molar-refractivity contribution < 1.29 is 38.2 Å². The standard InChI is InChI=1S/C32H39N3O8/c1-22(43-23(2)36)27(29(38)41-3)33-30(39)32(20-24-12-6-4-7-13-24)17-11-19-35(32)28(37)26-16-10-18-34(26)31(40)42-21-25-14-8-5-9-15-25/h4-9,12-15,22,26-27H,10-11,16-21H2,1-3H3,(H,33,39)/t22-,26+,27+,32-/m1/s1. The Labute approximate surface area is 251 Å². The second-order valence-corrected chi connectivity index (χ2v) is 11.0. The minimum Gasteiger partial charge on any atom is -0.467 e. The molecule has 0 bridgehead atoms. The van der Waals surface area contributed by atoms with Gasteiger partial charge in [-0.3, -0.25) is 19.3 Å². The second kappa shape index (κ2) is 14.2. The Kier molecular flexibility index (Phi) is 10.4. The number of rotatable bonds is 10. The van der Waals surface area contributed by atoms with E-state index in [-0.39, 0.29) is 18.9 Å². The molecule has 0 aromatic heterocycles. The third-order valence-electron chi connectivity index (χ3n) is 8.06. The van der Waals surface area contributed by atoms with Gasteiger partial charge < -0.3 is 24.4 Å². The van der Waals surface area contributed by atoms with E-state index in [9.17, 15) is 24.0 Å². The molecule has 2 aromatic carbocycles. The summed E-state index contributed by atoms with van der Waals surface area (Å²) < 4.78 is 15.6. The van der Waals surface area contributed by atoms with Crippen LogP contribution in [-0.2, 0) is 46.4 Å². The fraction of sp³-hybridized carbons (Fsp3) is 0.469. The number of benzene rings is 2. The first-order valence-electron chi connectivity index (χ1n) is 14.5. The van der Waals surface area contributed by atoms with Crippen LogP contribution in [-0.4, -0.2) is 83.6 Å². The van der Waals surface area contributed by atoms with Crippen LogP contribution in [0.15, 0.2) is 60.7 Å². The third kappa shape index (κ3) is 7.33. The van der Waals surface area contributed by atoms with Crippen molar-refractivity contribution in [3.05, 3.63) is 71.8 Å². The molecule has 11 nitrogen and oxygen atoms in total. The number of nitrogens with zero attached hydrogens (tertiary/aromatic N) is 2. The van der Waals surface area contributed by atoms with E-state index in [1.54, 1.807) is 4.90 Å². The molecule has 0 saturated carbocycles. The number of esters is 2. The zero-order valence-electron chi connectivity index (χ0n) is 24.8. The monoisotopic (exact) mass is 593 g/mol. The van der Waals surface area contributed by atoms with Crippen molar-refractivity contribution in [2.75, 3.05) is 20.2 Å². The van der Waals surface area contributed by atoms with Crippen molar-refractivity contribution in [1.82, 2.24) is 15.1 Å². The van der Waals surface area contributed by atoms with Crippen LogP contribution < -0.4 is 5.32 Å². The number of carbonyl (C=O) groups excluding carboxylic acids is 5. The predicted octanol–water partition coefficient (Wildman–Crippen LogP) is 3.00. The van der Waals surface area contributed by atoms with Crippen molar-refractivity contribution in [2.45, 2.75) is 76.3 Å². The zero-order valence-corrected chi connectivity index (χ0v) is 24.8. The largest absolute Gasteiger partial charge is 0.467 e. The number of methoxy groups -OCH3 is 1. The van der Waals surface area contributed by atoms with Crippen molar-refractivity contribution in [3.63, 3.8) is 0 Å². The maximum atomic E-state index is 14.2. The second-order valence-electron chi connectivity index (χ2n) is 11.0. The van der Waals surface area contributed by atoms with Crippen LogP contribution in [0.3, 0.4) is 0 Å². The molecule has 0 spiro atoms. The number of amides is 3. The van der Waals surface area contributed by atoms with Crippen LogP contribution in [0, 0.1) is 0 Å². The van der Waals surface area contributed by atoms with E-state index >= 15 is 0 Å². The van der Waals surface area contributed by atoms with Gasteiger partial charge in [0.05, 0.1) is 7.11 Å². The molecule has 11 heteroatoms. The maximum Gasteiger partial charge on any atom is 0.410 e. The fourth-order valence-corrected chi connectivity index (χ4v) is 5.96. The smallest absolute Gasteiger partial charge is 0.410 e. The van der Waals surface area contributed by atoms with Crippen LogP contribution in [0.5, 0.6) is 0 Å². The summed E-state index contributed by atoms with van der Waals surface area (Å²) in [5, 5.41) is 2.73. The number of carbonyl (C=O) groups is 5. The van der Waals surface area contributed by atoms with Gasteiger partial charge in [0.1, 0.15) is 24.3 Å². The average Bonchev–Trinajstić information content (AvgIpc) is 3.67. The molecule has 2 saturated heterocycles. The van der Waals surface area contributed by atoms with Crippen molar-refractivity contribution in [1.29, 1.82) is 0 Å². The lowest BCUT2D eigenvalue weighted by Crippen LogP contribution is -2.64. The van der Waals surface area contributed by atoms with E-state index in [1.165, 1.54) is 25.9 Å². The lowest BCUT2D eigenvalue weighted by Gasteiger charge is -2.40. The van der Waals surface area contributed by atoms with Gasteiger partial charge in [0.15, 0.2) is 6.04 Å². The van der Waals surface area contributed by atoms with Gasteiger partial charge in [-0.1, -0.05) is 60.7 Å². The van der Waals surface area contributed by atoms with Crippen molar-refractivity contribution in [2.24, 2.45) is 0 Å². The molecule has 4 rings (SSSR count). The number of nitrogens with one attached hydrogen (secondary N) is 1. The molecule has 2 heterocycles. The average molecular weight is 594 g/mol. The number of hydrogen-bond acceptors (Lipinski definition) is 8. The summed E-state index contributed by atoms with van der Waals surface area (Å²) in [4.78, 5) is 68.9. The predicted molar refractivity (Wildman–Crippen MR) is 155 cm³/mol. The lowest BCUT2D eigenvalue weighted by atomic mass is 9.86. The minimum absolute atomic E-state index is 0.0799. The van der Waals surface area contributed by atoms with Crippen LogP contribution in [0.2, 0.25) is 0 Å². The van der Waals surface area contributed by atoms with E-state index in [0.29, 0.717) is 38.8 Å². The Balaban J connectivity index is 1.60. The SMILES string of the molecule is COC(=O)[C@@H](NC(=O)[C@]1(Cc2ccccc2)CCCN1C(=O)[C@@H]1CCCN1C(=O)OCc1ccccc1)[C@@H](C)OC(C)=O. The first-order chi connectivity index (χ1) is 20.7. The summed E-state index contributed by atoms with van der Waals surface area (Å²) in [5.41, 5.74) is 0.299. The summed E-state index contributed by atoms with van der Waals surface area (Å²) in [6, 6.07) is 16.5. The highest BCUT2D eigenvalue weighted by Gasteiger charge is 2.53. The van der Waals surface area contributed by atoms with E-state index in [1.807, 2.05) is 60.7 Å². The highest BCUT2D eigenvalue weighted by atomic mass is 16.6. The van der Waals surface area contributed by atoms with Gasteiger partial charge in [-0.2, -0.15) is 0 Å². The topological polar surface area (TPSA) is 132 Å². The molecular weight excluding hydrogens is 554 g/mol. The van der Waals surface area contributed by atoms with Crippen LogP contribution in [0.1, 0.15) is 50.7 Å². The molecule has 2 aromatic rings. The maximum absolute atomic E-state index is 14.2. The molecule has 0 radical (unpaired) electrons. The summed E-state index contributed by atoms with van der Waals surface area (Å²) >= 11 is 0. The Morgan fingerprint density at radius 2 is 1.60 bits per heavy atom. The van der Waals surface area contributed by atoms with Gasteiger partial charge in [-0.05, 0) is 43.7 Å². The van der Waals surface area contributed by atoms with Gasteiger partial charge in [0.2, 0.25) is 11.8 Å². The molecule has 0 aliphatic carbocycles. The van der Waals surface area contributed by atoms with E-state index in [0.717, 1.165) is 11.1 Å². The van der Waals surface area contributed by atoms with E-state index in [2.05, 4.69) is 5.32 Å². The molecule has 0 unspecified atom stereocenters. The highest BCUT2D eigenvalue weighted by molar-refractivity contribution is 5.97. The first-order valence-corrected chi connectivity index (χ1v) is 14.5. The highest BCUT2D eigenvalue weighted by Crippen LogP contribution is 2.36. The molecule has 3 amide bonds. The summed E-state index contributed by atoms with van der Waals surface area (Å²) in [5.74, 6) is -2.31. The normalized spacial score (nSPS) is 21.0. The van der Waals surface area contributed by atoms with Crippen LogP contribution >= 0.6 is 0 Å². The summed E-state index contributed by atoms with van der Waals surface area (Å²) in [7, 11) is 1.18. The van der Waals surface area contributed by atoms with Crippen molar-refractivity contribution in [3.8, 4) is 0 Å². The Morgan fingerprint density at radius 1 is 0.953 bits per heavy atom. The van der Waals surface area contributed by atoms with Crippen molar-refractivity contribution >= 4 is 29.8 Å². The molecule has 1 N–H and O–H groups in total. The Morgan fingerprint density at radius 3 is 2.23 bits per heavy atom. The summed E-state index contributed by atoms with van der Waals surface area (Å²) in [6.07, 6.45) is 0.516. The van der Waals surface area contributed by atoms with Crippen LogP contribution in [0.4, 0.5) is 4.79 Å². The van der Waals surface area contributed by atoms with Gasteiger partial charge in [0, 0.05) is 26.4 Å². The van der Waals surface area contributed by atoms with Gasteiger partial charge in [0.25, 0.3) is 0 Å². The van der Waals surface area contributed by atoms with Crippen LogP contribution in [0.25, 0.3) is 0 Å². The molecule has 230 valence electrons. The summed E-state index contributed by atoms with van der Waals surface area (Å²) in [6.45, 7) is 3.43. The minimum atomic E-state index is -1.36. The fourth-order valence-electron chi connectivity index (χ4n) is 5.96. The van der Waals surface area contributed by atoms with E-state index < -0.39 is 47.7 Å².